The Labute approximate surface area is 155 Å². The van der Waals surface area contributed by atoms with Gasteiger partial charge in [-0.1, -0.05) is 13.8 Å². The molecule has 0 aliphatic heterocycles. The van der Waals surface area contributed by atoms with Crippen LogP contribution in [0.1, 0.15) is 48.0 Å². The van der Waals surface area contributed by atoms with E-state index in [0.717, 1.165) is 0 Å². The van der Waals surface area contributed by atoms with Crippen molar-refractivity contribution in [1.82, 2.24) is 9.80 Å². The molecule has 1 aliphatic carbocycles. The molecule has 0 saturated heterocycles. The van der Waals surface area contributed by atoms with Gasteiger partial charge in [0.15, 0.2) is 11.6 Å². The van der Waals surface area contributed by atoms with Gasteiger partial charge in [-0.25, -0.2) is 0 Å². The Bertz CT molecular complexity index is 713. The molecule has 0 N–H and O–H groups in total. The first-order valence-corrected chi connectivity index (χ1v) is 8.75. The highest BCUT2D eigenvalue weighted by Crippen LogP contribution is 2.34. The van der Waals surface area contributed by atoms with E-state index in [1.54, 1.807) is 58.5 Å². The lowest BCUT2D eigenvalue weighted by atomic mass is 9.76. The van der Waals surface area contributed by atoms with Crippen molar-refractivity contribution in [2.75, 3.05) is 27.2 Å². The van der Waals surface area contributed by atoms with Gasteiger partial charge in [0.2, 0.25) is 11.8 Å². The van der Waals surface area contributed by atoms with E-state index in [1.807, 2.05) is 0 Å². The molecule has 0 aromatic heterocycles. The van der Waals surface area contributed by atoms with E-state index in [1.165, 1.54) is 6.92 Å². The van der Waals surface area contributed by atoms with Crippen LogP contribution < -0.4 is 0 Å². The van der Waals surface area contributed by atoms with Crippen LogP contribution in [0.5, 0.6) is 0 Å². The summed E-state index contributed by atoms with van der Waals surface area (Å²) in [5.41, 5.74) is 0.949. The summed E-state index contributed by atoms with van der Waals surface area (Å²) in [6, 6.07) is 0. The number of carbonyl (C=O) groups excluding carboxylic acids is 4. The van der Waals surface area contributed by atoms with E-state index in [-0.39, 0.29) is 29.8 Å². The number of Topliss-reactive ketones (excluding diaryl/α,β-unsaturated/α-hetero) is 2. The van der Waals surface area contributed by atoms with Crippen molar-refractivity contribution >= 4 is 23.4 Å². The molecule has 0 bridgehead atoms. The summed E-state index contributed by atoms with van der Waals surface area (Å²) >= 11 is 0. The maximum atomic E-state index is 12.9. The molecule has 144 valence electrons. The molecule has 0 saturated carbocycles. The van der Waals surface area contributed by atoms with Gasteiger partial charge in [-0.3, -0.25) is 19.2 Å². The number of allylic oxidation sites excluding steroid dienone is 4. The molecule has 2 amide bonds. The maximum absolute atomic E-state index is 12.9. The molecule has 6 heteroatoms. The zero-order valence-electron chi connectivity index (χ0n) is 17.1. The fraction of sp³-hybridized carbons (Fsp3) is 0.600. The van der Waals surface area contributed by atoms with Crippen molar-refractivity contribution in [2.45, 2.75) is 48.0 Å². The molecule has 0 radical (unpaired) electrons. The molecule has 26 heavy (non-hydrogen) atoms. The molecule has 1 aliphatic rings. The topological polar surface area (TPSA) is 74.8 Å². The lowest BCUT2D eigenvalue weighted by Gasteiger charge is -2.32. The predicted octanol–water partition coefficient (Wildman–Crippen LogP) is 2.14. The summed E-state index contributed by atoms with van der Waals surface area (Å²) in [4.78, 5) is 52.2. The monoisotopic (exact) mass is 362 g/mol. The van der Waals surface area contributed by atoms with Gasteiger partial charge in [-0.2, -0.15) is 0 Å². The molecule has 0 aromatic carbocycles. The van der Waals surface area contributed by atoms with Gasteiger partial charge in [-0.05, 0) is 27.2 Å². The van der Waals surface area contributed by atoms with E-state index >= 15 is 0 Å². The molecule has 1 rings (SSSR count). The molecule has 6 nitrogen and oxygen atoms in total. The van der Waals surface area contributed by atoms with E-state index in [9.17, 15) is 19.2 Å². The molecule has 0 atom stereocenters. The number of hydrogen-bond acceptors (Lipinski definition) is 4. The molecule has 0 unspecified atom stereocenters. The first-order valence-electron chi connectivity index (χ1n) is 8.75. The largest absolute Gasteiger partial charge is 0.344 e. The Morgan fingerprint density at radius 3 is 1.81 bits per heavy atom. The average Bonchev–Trinajstić information content (AvgIpc) is 2.58. The maximum Gasteiger partial charge on any atom is 0.228 e. The van der Waals surface area contributed by atoms with Crippen molar-refractivity contribution in [3.8, 4) is 0 Å². The number of carbonyl (C=O) groups is 4. The Morgan fingerprint density at radius 1 is 0.846 bits per heavy atom. The van der Waals surface area contributed by atoms with Crippen LogP contribution in [0.4, 0.5) is 0 Å². The molecular weight excluding hydrogens is 332 g/mol. The van der Waals surface area contributed by atoms with E-state index in [4.69, 9.17) is 0 Å². The van der Waals surface area contributed by atoms with Gasteiger partial charge in [0.1, 0.15) is 0 Å². The fourth-order valence-corrected chi connectivity index (χ4v) is 2.96. The van der Waals surface area contributed by atoms with Gasteiger partial charge >= 0.3 is 0 Å². The minimum Gasteiger partial charge on any atom is -0.344 e. The predicted molar refractivity (Wildman–Crippen MR) is 100 cm³/mol. The minimum atomic E-state index is -0.832. The Balaban J connectivity index is 2.94. The van der Waals surface area contributed by atoms with Crippen LogP contribution in [-0.4, -0.2) is 60.4 Å². The highest BCUT2D eigenvalue weighted by Gasteiger charge is 2.36. The summed E-state index contributed by atoms with van der Waals surface area (Å²) in [5, 5.41) is 0. The highest BCUT2D eigenvalue weighted by atomic mass is 16.2. The van der Waals surface area contributed by atoms with Gasteiger partial charge < -0.3 is 9.80 Å². The zero-order valence-corrected chi connectivity index (χ0v) is 17.1. The van der Waals surface area contributed by atoms with Crippen LogP contribution in [0.25, 0.3) is 0 Å². The summed E-state index contributed by atoms with van der Waals surface area (Å²) < 4.78 is 0. The Hall–Kier alpha value is -2.24. The van der Waals surface area contributed by atoms with Crippen molar-refractivity contribution < 1.29 is 19.2 Å². The molecule has 0 fully saturated rings. The minimum absolute atomic E-state index is 0.0603. The van der Waals surface area contributed by atoms with Crippen LogP contribution >= 0.6 is 0 Å². The van der Waals surface area contributed by atoms with E-state index in [0.29, 0.717) is 35.4 Å². The van der Waals surface area contributed by atoms with Crippen LogP contribution in [0.3, 0.4) is 0 Å². The zero-order chi connectivity index (χ0) is 20.4. The second-order valence-electron chi connectivity index (χ2n) is 7.74. The standard InChI is InChI=1S/C20H30N2O4/c1-12-13(2)18(25)16(14(3)17(12)24)11-20(5,6)19(26)22(8)10-9-21(7)15(4)23/h9-11H2,1-8H3. The van der Waals surface area contributed by atoms with Crippen molar-refractivity contribution in [2.24, 2.45) is 5.41 Å². The number of rotatable bonds is 6. The average molecular weight is 362 g/mol. The summed E-state index contributed by atoms with van der Waals surface area (Å²) in [5.74, 6) is -0.468. The highest BCUT2D eigenvalue weighted by molar-refractivity contribution is 6.24. The third-order valence-electron chi connectivity index (χ3n) is 5.16. The molecule has 0 spiro atoms. The summed E-state index contributed by atoms with van der Waals surface area (Å²) in [6.07, 6.45) is 0.208. The Morgan fingerprint density at radius 2 is 1.31 bits per heavy atom. The molecular formula is C20H30N2O4. The van der Waals surface area contributed by atoms with Crippen LogP contribution in [-0.2, 0) is 19.2 Å². The van der Waals surface area contributed by atoms with Crippen molar-refractivity contribution in [3.05, 3.63) is 22.3 Å². The van der Waals surface area contributed by atoms with E-state index in [2.05, 4.69) is 0 Å². The lowest BCUT2D eigenvalue weighted by molar-refractivity contribution is -0.140. The quantitative estimate of drug-likeness (QED) is 0.679. The van der Waals surface area contributed by atoms with Gasteiger partial charge in [0, 0.05) is 61.8 Å². The number of hydrogen-bond donors (Lipinski definition) is 0. The van der Waals surface area contributed by atoms with Gasteiger partial charge in [0.05, 0.1) is 0 Å². The van der Waals surface area contributed by atoms with Crippen LogP contribution in [0, 0.1) is 5.41 Å². The first kappa shape index (κ1) is 21.8. The SMILES string of the molecule is CC(=O)N(C)CCN(C)C(=O)C(C)(C)CC1=C(C)C(=O)C(C)=C(C)C1=O. The molecule has 0 heterocycles. The third kappa shape index (κ3) is 4.48. The van der Waals surface area contributed by atoms with Gasteiger partial charge in [-0.15, -0.1) is 0 Å². The number of ketones is 2. The number of amides is 2. The van der Waals surface area contributed by atoms with Crippen molar-refractivity contribution in [3.63, 3.8) is 0 Å². The fourth-order valence-electron chi connectivity index (χ4n) is 2.96. The smallest absolute Gasteiger partial charge is 0.228 e. The summed E-state index contributed by atoms with van der Waals surface area (Å²) in [7, 11) is 3.37. The molecule has 0 aromatic rings. The normalized spacial score (nSPS) is 15.5. The first-order chi connectivity index (χ1) is 11.8. The van der Waals surface area contributed by atoms with E-state index < -0.39 is 5.41 Å². The third-order valence-corrected chi connectivity index (χ3v) is 5.16. The second kappa shape index (κ2) is 7.98. The lowest BCUT2D eigenvalue weighted by Crippen LogP contribution is -2.43. The Kier molecular flexibility index (Phi) is 6.69. The second-order valence-corrected chi connectivity index (χ2v) is 7.74. The van der Waals surface area contributed by atoms with Gasteiger partial charge in [0.25, 0.3) is 0 Å². The number of nitrogens with zero attached hydrogens (tertiary/aromatic N) is 2. The van der Waals surface area contributed by atoms with Crippen LogP contribution in [0.15, 0.2) is 22.3 Å². The number of likely N-dealkylation sites (N-methyl/N-ethyl adjacent to an activating group) is 2. The van der Waals surface area contributed by atoms with Crippen molar-refractivity contribution in [1.29, 1.82) is 0 Å². The summed E-state index contributed by atoms with van der Waals surface area (Å²) in [6.45, 7) is 10.8. The van der Waals surface area contributed by atoms with Crippen LogP contribution in [0.2, 0.25) is 0 Å².